The standard InChI is InChI=1S/C16H20ClNO4/c1-22-14-4-2-3-13(17)12(14)10-15(19)18-7-5-11(6-8-18)9-16(20)21/h2-4,11H,5-10H2,1H3,(H,20,21). The summed E-state index contributed by atoms with van der Waals surface area (Å²) in [6.07, 6.45) is 1.85. The maximum atomic E-state index is 12.4. The fourth-order valence-electron chi connectivity index (χ4n) is 2.80. The second-order valence-electron chi connectivity index (χ2n) is 5.52. The number of likely N-dealkylation sites (tertiary alicyclic amines) is 1. The Hall–Kier alpha value is -1.75. The number of benzene rings is 1. The van der Waals surface area contributed by atoms with Crippen LogP contribution < -0.4 is 4.74 Å². The number of carboxylic acid groups (broad SMARTS) is 1. The molecular weight excluding hydrogens is 306 g/mol. The molecule has 0 atom stereocenters. The minimum atomic E-state index is -0.773. The van der Waals surface area contributed by atoms with E-state index in [-0.39, 0.29) is 24.7 Å². The van der Waals surface area contributed by atoms with Crippen molar-refractivity contribution in [3.63, 3.8) is 0 Å². The maximum Gasteiger partial charge on any atom is 0.303 e. The number of nitrogens with zero attached hydrogens (tertiary/aromatic N) is 1. The van der Waals surface area contributed by atoms with Gasteiger partial charge in [-0.15, -0.1) is 0 Å². The van der Waals surface area contributed by atoms with Crippen molar-refractivity contribution < 1.29 is 19.4 Å². The van der Waals surface area contributed by atoms with Crippen LogP contribution in [0.15, 0.2) is 18.2 Å². The number of methoxy groups -OCH3 is 1. The van der Waals surface area contributed by atoms with Crippen LogP contribution in [0.5, 0.6) is 5.75 Å². The van der Waals surface area contributed by atoms with E-state index in [1.165, 1.54) is 0 Å². The minimum absolute atomic E-state index is 0.000162. The lowest BCUT2D eigenvalue weighted by atomic mass is 9.93. The smallest absolute Gasteiger partial charge is 0.303 e. The Kier molecular flexibility index (Phi) is 5.66. The van der Waals surface area contributed by atoms with Crippen LogP contribution in [-0.2, 0) is 16.0 Å². The predicted molar refractivity (Wildman–Crippen MR) is 83.3 cm³/mol. The Morgan fingerprint density at radius 2 is 2.05 bits per heavy atom. The second-order valence-corrected chi connectivity index (χ2v) is 5.93. The van der Waals surface area contributed by atoms with Gasteiger partial charge >= 0.3 is 5.97 Å². The highest BCUT2D eigenvalue weighted by Gasteiger charge is 2.25. The molecule has 6 heteroatoms. The van der Waals surface area contributed by atoms with Gasteiger partial charge in [-0.3, -0.25) is 9.59 Å². The van der Waals surface area contributed by atoms with Crippen molar-refractivity contribution in [1.82, 2.24) is 4.90 Å². The minimum Gasteiger partial charge on any atom is -0.496 e. The summed E-state index contributed by atoms with van der Waals surface area (Å²) in [4.78, 5) is 24.9. The molecule has 0 aliphatic carbocycles. The first-order valence-corrected chi connectivity index (χ1v) is 7.70. The van der Waals surface area contributed by atoms with E-state index in [0.29, 0.717) is 29.4 Å². The zero-order valence-electron chi connectivity index (χ0n) is 12.5. The van der Waals surface area contributed by atoms with Crippen molar-refractivity contribution in [3.05, 3.63) is 28.8 Å². The number of halogens is 1. The quantitative estimate of drug-likeness (QED) is 0.903. The third-order valence-electron chi connectivity index (χ3n) is 4.05. The number of carboxylic acids is 1. The highest BCUT2D eigenvalue weighted by atomic mass is 35.5. The van der Waals surface area contributed by atoms with Crippen LogP contribution >= 0.6 is 11.6 Å². The number of amides is 1. The van der Waals surface area contributed by atoms with E-state index in [9.17, 15) is 9.59 Å². The number of hydrogen-bond donors (Lipinski definition) is 1. The monoisotopic (exact) mass is 325 g/mol. The summed E-state index contributed by atoms with van der Waals surface area (Å²) in [7, 11) is 1.55. The number of hydrogen-bond acceptors (Lipinski definition) is 3. The summed E-state index contributed by atoms with van der Waals surface area (Å²) in [6, 6.07) is 5.31. The first-order valence-electron chi connectivity index (χ1n) is 7.32. The van der Waals surface area contributed by atoms with E-state index in [2.05, 4.69) is 0 Å². The van der Waals surface area contributed by atoms with Gasteiger partial charge in [-0.25, -0.2) is 0 Å². The second kappa shape index (κ2) is 7.49. The Morgan fingerprint density at radius 3 is 2.64 bits per heavy atom. The zero-order valence-corrected chi connectivity index (χ0v) is 13.3. The summed E-state index contributed by atoms with van der Waals surface area (Å²) < 4.78 is 5.25. The van der Waals surface area contributed by atoms with Crippen molar-refractivity contribution in [2.75, 3.05) is 20.2 Å². The number of aliphatic carboxylic acids is 1. The Balaban J connectivity index is 1.95. The molecule has 1 aliphatic heterocycles. The van der Waals surface area contributed by atoms with Gasteiger partial charge in [-0.1, -0.05) is 17.7 Å². The third kappa shape index (κ3) is 4.13. The van der Waals surface area contributed by atoms with Crippen molar-refractivity contribution in [1.29, 1.82) is 0 Å². The van der Waals surface area contributed by atoms with Crippen molar-refractivity contribution in [2.24, 2.45) is 5.92 Å². The average molecular weight is 326 g/mol. The number of carbonyl (C=O) groups excluding carboxylic acids is 1. The normalized spacial score (nSPS) is 15.6. The number of carbonyl (C=O) groups is 2. The Labute approximate surface area is 134 Å². The first-order chi connectivity index (χ1) is 10.5. The van der Waals surface area contributed by atoms with Gasteiger partial charge in [0.1, 0.15) is 5.75 Å². The molecule has 120 valence electrons. The van der Waals surface area contributed by atoms with Gasteiger partial charge in [0.25, 0.3) is 0 Å². The summed E-state index contributed by atoms with van der Waals surface area (Å²) in [5.74, 6) is 0.00349. The number of rotatable bonds is 5. The predicted octanol–water partition coefficient (Wildman–Crippen LogP) is 2.60. The molecule has 22 heavy (non-hydrogen) atoms. The summed E-state index contributed by atoms with van der Waals surface area (Å²) in [5.41, 5.74) is 0.698. The first kappa shape index (κ1) is 16.6. The molecule has 0 radical (unpaired) electrons. The fourth-order valence-corrected chi connectivity index (χ4v) is 3.03. The van der Waals surface area contributed by atoms with Gasteiger partial charge in [-0.05, 0) is 30.9 Å². The van der Waals surface area contributed by atoms with E-state index in [1.807, 2.05) is 0 Å². The van der Waals surface area contributed by atoms with E-state index < -0.39 is 5.97 Å². The van der Waals surface area contributed by atoms with Crippen molar-refractivity contribution in [3.8, 4) is 5.75 Å². The van der Waals surface area contributed by atoms with Crippen LogP contribution in [0.4, 0.5) is 0 Å². The van der Waals surface area contributed by atoms with Crippen LogP contribution in [0, 0.1) is 5.92 Å². The van der Waals surface area contributed by atoms with Crippen LogP contribution in [0.1, 0.15) is 24.8 Å². The zero-order chi connectivity index (χ0) is 16.1. The van der Waals surface area contributed by atoms with E-state index in [0.717, 1.165) is 12.8 Å². The van der Waals surface area contributed by atoms with Gasteiger partial charge in [0.15, 0.2) is 0 Å². The molecule has 1 aliphatic rings. The van der Waals surface area contributed by atoms with Gasteiger partial charge in [-0.2, -0.15) is 0 Å². The highest BCUT2D eigenvalue weighted by molar-refractivity contribution is 6.31. The largest absolute Gasteiger partial charge is 0.496 e. The lowest BCUT2D eigenvalue weighted by Crippen LogP contribution is -2.39. The highest BCUT2D eigenvalue weighted by Crippen LogP contribution is 2.28. The number of ether oxygens (including phenoxy) is 1. The molecule has 1 heterocycles. The molecule has 2 rings (SSSR count). The molecule has 1 N–H and O–H groups in total. The Bertz CT molecular complexity index is 553. The van der Waals surface area contributed by atoms with E-state index in [1.54, 1.807) is 30.2 Å². The third-order valence-corrected chi connectivity index (χ3v) is 4.41. The van der Waals surface area contributed by atoms with Crippen molar-refractivity contribution >= 4 is 23.5 Å². The molecule has 1 amide bonds. The molecule has 1 fully saturated rings. The van der Waals surface area contributed by atoms with Crippen LogP contribution in [0.2, 0.25) is 5.02 Å². The van der Waals surface area contributed by atoms with Gasteiger partial charge in [0, 0.05) is 30.1 Å². The molecule has 0 unspecified atom stereocenters. The lowest BCUT2D eigenvalue weighted by Gasteiger charge is -2.31. The average Bonchev–Trinajstić information content (AvgIpc) is 2.49. The molecule has 0 spiro atoms. The molecule has 1 aromatic carbocycles. The fraction of sp³-hybridized carbons (Fsp3) is 0.500. The lowest BCUT2D eigenvalue weighted by molar-refractivity contribution is -0.138. The van der Waals surface area contributed by atoms with Gasteiger partial charge < -0.3 is 14.7 Å². The molecule has 5 nitrogen and oxygen atoms in total. The van der Waals surface area contributed by atoms with E-state index >= 15 is 0 Å². The van der Waals surface area contributed by atoms with Crippen LogP contribution in [0.25, 0.3) is 0 Å². The summed E-state index contributed by atoms with van der Waals surface area (Å²) in [6.45, 7) is 1.20. The van der Waals surface area contributed by atoms with Gasteiger partial charge in [0.05, 0.1) is 13.5 Å². The maximum absolute atomic E-state index is 12.4. The number of piperidine rings is 1. The topological polar surface area (TPSA) is 66.8 Å². The van der Waals surface area contributed by atoms with Crippen molar-refractivity contribution in [2.45, 2.75) is 25.7 Å². The molecule has 1 aromatic rings. The summed E-state index contributed by atoms with van der Waals surface area (Å²) >= 11 is 6.16. The molecule has 0 saturated carbocycles. The Morgan fingerprint density at radius 1 is 1.36 bits per heavy atom. The van der Waals surface area contributed by atoms with Gasteiger partial charge in [0.2, 0.25) is 5.91 Å². The molecule has 1 saturated heterocycles. The SMILES string of the molecule is COc1cccc(Cl)c1CC(=O)N1CCC(CC(=O)O)CC1. The van der Waals surface area contributed by atoms with Crippen LogP contribution in [0.3, 0.4) is 0 Å². The van der Waals surface area contributed by atoms with Crippen LogP contribution in [-0.4, -0.2) is 42.1 Å². The molecule has 0 aromatic heterocycles. The molecule has 0 bridgehead atoms. The van der Waals surface area contributed by atoms with E-state index in [4.69, 9.17) is 21.4 Å². The molecular formula is C16H20ClNO4. The summed E-state index contributed by atoms with van der Waals surface area (Å²) in [5, 5.41) is 9.34.